The predicted molar refractivity (Wildman–Crippen MR) is 66.2 cm³/mol. The van der Waals surface area contributed by atoms with E-state index in [0.29, 0.717) is 19.4 Å². The maximum absolute atomic E-state index is 11.0. The molecule has 10 heteroatoms. The van der Waals surface area contributed by atoms with Gasteiger partial charge in [0.1, 0.15) is 6.33 Å². The number of nitrogens with two attached hydrogens (primary N) is 1. The molecule has 1 saturated heterocycles. The smallest absolute Gasteiger partial charge is 0.354 e. The zero-order valence-corrected chi connectivity index (χ0v) is 9.92. The molecule has 1 unspecified atom stereocenters. The minimum Gasteiger partial charge on any atom is -0.362 e. The summed E-state index contributed by atoms with van der Waals surface area (Å²) in [6.45, 7) is 0.355. The lowest BCUT2D eigenvalue weighted by Crippen LogP contribution is -2.32. The molecular formula is C9H13N7O3. The van der Waals surface area contributed by atoms with E-state index in [-0.39, 0.29) is 29.3 Å². The molecule has 1 aliphatic heterocycles. The Morgan fingerprint density at radius 1 is 1.53 bits per heavy atom. The molecule has 0 spiro atoms. The molecule has 1 fully saturated rings. The van der Waals surface area contributed by atoms with Gasteiger partial charge in [0.05, 0.1) is 4.92 Å². The molecule has 10 nitrogen and oxygen atoms in total. The first-order valence-electron chi connectivity index (χ1n) is 5.61. The van der Waals surface area contributed by atoms with Gasteiger partial charge in [-0.2, -0.15) is 0 Å². The molecule has 0 aliphatic carbocycles. The zero-order chi connectivity index (χ0) is 13.8. The van der Waals surface area contributed by atoms with E-state index in [1.54, 1.807) is 0 Å². The number of amides is 1. The van der Waals surface area contributed by atoms with Crippen LogP contribution >= 0.6 is 0 Å². The average molecular weight is 267 g/mol. The fourth-order valence-corrected chi connectivity index (χ4v) is 1.84. The van der Waals surface area contributed by atoms with Crippen molar-refractivity contribution < 1.29 is 9.72 Å². The third kappa shape index (κ3) is 2.85. The highest BCUT2D eigenvalue weighted by Gasteiger charge is 2.25. The van der Waals surface area contributed by atoms with Crippen LogP contribution in [0.25, 0.3) is 0 Å². The van der Waals surface area contributed by atoms with E-state index in [9.17, 15) is 14.9 Å². The van der Waals surface area contributed by atoms with Crippen LogP contribution in [0.3, 0.4) is 0 Å². The molecule has 0 saturated carbocycles. The topological polar surface area (TPSA) is 148 Å². The fourth-order valence-electron chi connectivity index (χ4n) is 1.84. The SMILES string of the molecule is NNc1ncnc(NCC2CCC(=O)N2)c1[N+](=O)[O-]. The highest BCUT2D eigenvalue weighted by Crippen LogP contribution is 2.28. The highest BCUT2D eigenvalue weighted by molar-refractivity contribution is 5.78. The summed E-state index contributed by atoms with van der Waals surface area (Å²) in [5, 5.41) is 16.5. The lowest BCUT2D eigenvalue weighted by atomic mass is 10.2. The second-order valence-corrected chi connectivity index (χ2v) is 4.00. The Hall–Kier alpha value is -2.49. The van der Waals surface area contributed by atoms with Crippen molar-refractivity contribution in [3.8, 4) is 0 Å². The quantitative estimate of drug-likeness (QED) is 0.313. The molecule has 2 heterocycles. The van der Waals surface area contributed by atoms with Gasteiger partial charge < -0.3 is 16.1 Å². The van der Waals surface area contributed by atoms with Crippen LogP contribution < -0.4 is 21.9 Å². The van der Waals surface area contributed by atoms with Crippen molar-refractivity contribution in [3.63, 3.8) is 0 Å². The number of anilines is 2. The number of nitro groups is 1. The van der Waals surface area contributed by atoms with Gasteiger partial charge in [-0.15, -0.1) is 0 Å². The first kappa shape index (κ1) is 13.0. The largest absolute Gasteiger partial charge is 0.362 e. The van der Waals surface area contributed by atoms with Gasteiger partial charge in [-0.1, -0.05) is 0 Å². The molecule has 1 aliphatic rings. The molecule has 1 atom stereocenters. The number of hydrogen-bond donors (Lipinski definition) is 4. The van der Waals surface area contributed by atoms with Gasteiger partial charge in [-0.3, -0.25) is 14.9 Å². The van der Waals surface area contributed by atoms with Crippen LogP contribution in [0.2, 0.25) is 0 Å². The lowest BCUT2D eigenvalue weighted by Gasteiger charge is -2.12. The van der Waals surface area contributed by atoms with Gasteiger partial charge in [-0.05, 0) is 6.42 Å². The second-order valence-electron chi connectivity index (χ2n) is 4.00. The maximum Gasteiger partial charge on any atom is 0.354 e. The van der Waals surface area contributed by atoms with Crippen LogP contribution in [0.1, 0.15) is 12.8 Å². The number of hydrazine groups is 1. The van der Waals surface area contributed by atoms with Crippen LogP contribution in [-0.4, -0.2) is 33.4 Å². The first-order chi connectivity index (χ1) is 9.11. The molecule has 1 amide bonds. The Balaban J connectivity index is 2.11. The van der Waals surface area contributed by atoms with E-state index < -0.39 is 4.92 Å². The molecule has 0 aromatic carbocycles. The number of nitrogens with zero attached hydrogens (tertiary/aromatic N) is 3. The van der Waals surface area contributed by atoms with Crippen molar-refractivity contribution in [1.29, 1.82) is 0 Å². The summed E-state index contributed by atoms with van der Waals surface area (Å²) >= 11 is 0. The fraction of sp³-hybridized carbons (Fsp3) is 0.444. The zero-order valence-electron chi connectivity index (χ0n) is 9.92. The summed E-state index contributed by atoms with van der Waals surface area (Å²) in [7, 11) is 0. The summed E-state index contributed by atoms with van der Waals surface area (Å²) in [5.41, 5.74) is 1.83. The van der Waals surface area contributed by atoms with Crippen LogP contribution in [0, 0.1) is 10.1 Å². The van der Waals surface area contributed by atoms with Crippen molar-refractivity contribution in [2.45, 2.75) is 18.9 Å². The van der Waals surface area contributed by atoms with Gasteiger partial charge in [0.15, 0.2) is 0 Å². The molecule has 1 aromatic heterocycles. The number of aromatic nitrogens is 2. The third-order valence-electron chi connectivity index (χ3n) is 2.74. The number of rotatable bonds is 5. The van der Waals surface area contributed by atoms with Crippen molar-refractivity contribution in [2.24, 2.45) is 5.84 Å². The Morgan fingerprint density at radius 2 is 2.26 bits per heavy atom. The van der Waals surface area contributed by atoms with Crippen LogP contribution in [-0.2, 0) is 4.79 Å². The molecule has 19 heavy (non-hydrogen) atoms. The monoisotopic (exact) mass is 267 g/mol. The third-order valence-corrected chi connectivity index (χ3v) is 2.74. The van der Waals surface area contributed by atoms with Crippen LogP contribution in [0.5, 0.6) is 0 Å². The van der Waals surface area contributed by atoms with Crippen LogP contribution in [0.15, 0.2) is 6.33 Å². The van der Waals surface area contributed by atoms with E-state index in [2.05, 4.69) is 26.0 Å². The number of hydrogen-bond acceptors (Lipinski definition) is 8. The molecule has 0 bridgehead atoms. The summed E-state index contributed by atoms with van der Waals surface area (Å²) in [4.78, 5) is 28.9. The molecule has 1 aromatic rings. The van der Waals surface area contributed by atoms with Gasteiger partial charge in [0, 0.05) is 19.0 Å². The highest BCUT2D eigenvalue weighted by atomic mass is 16.6. The normalized spacial score (nSPS) is 17.9. The van der Waals surface area contributed by atoms with Gasteiger partial charge in [0.25, 0.3) is 0 Å². The van der Waals surface area contributed by atoms with Gasteiger partial charge in [-0.25, -0.2) is 15.8 Å². The number of carbonyl (C=O) groups is 1. The van der Waals surface area contributed by atoms with Crippen molar-refractivity contribution in [1.82, 2.24) is 15.3 Å². The number of nitrogen functional groups attached to an aromatic ring is 1. The van der Waals surface area contributed by atoms with E-state index in [1.807, 2.05) is 0 Å². The summed E-state index contributed by atoms with van der Waals surface area (Å²) < 4.78 is 0. The van der Waals surface area contributed by atoms with E-state index in [4.69, 9.17) is 5.84 Å². The Bertz CT molecular complexity index is 507. The van der Waals surface area contributed by atoms with Crippen molar-refractivity contribution in [3.05, 3.63) is 16.4 Å². The van der Waals surface area contributed by atoms with Gasteiger partial charge >= 0.3 is 5.69 Å². The summed E-state index contributed by atoms with van der Waals surface area (Å²) in [6, 6.07) is -0.0589. The molecular weight excluding hydrogens is 254 g/mol. The first-order valence-corrected chi connectivity index (χ1v) is 5.61. The predicted octanol–water partition coefficient (Wildman–Crippen LogP) is -0.639. The van der Waals surface area contributed by atoms with Crippen LogP contribution in [0.4, 0.5) is 17.3 Å². The Morgan fingerprint density at radius 3 is 2.84 bits per heavy atom. The minimum atomic E-state index is -0.620. The lowest BCUT2D eigenvalue weighted by molar-refractivity contribution is -0.383. The maximum atomic E-state index is 11.0. The minimum absolute atomic E-state index is 0.0201. The van der Waals surface area contributed by atoms with E-state index in [1.165, 1.54) is 0 Å². The summed E-state index contributed by atoms with van der Waals surface area (Å²) in [5.74, 6) is 5.14. The number of carbonyl (C=O) groups excluding carboxylic acids is 1. The van der Waals surface area contributed by atoms with Crippen molar-refractivity contribution >= 4 is 23.2 Å². The Kier molecular flexibility index (Phi) is 3.71. The van der Waals surface area contributed by atoms with E-state index in [0.717, 1.165) is 6.33 Å². The summed E-state index contributed by atoms with van der Waals surface area (Å²) in [6.07, 6.45) is 2.32. The van der Waals surface area contributed by atoms with Gasteiger partial charge in [0.2, 0.25) is 17.5 Å². The molecule has 2 rings (SSSR count). The Labute approximate surface area is 107 Å². The average Bonchev–Trinajstić information content (AvgIpc) is 2.81. The number of nitrogens with one attached hydrogen (secondary N) is 3. The molecule has 102 valence electrons. The standard InChI is InChI=1S/C9H13N7O3/c10-15-9-7(16(18)19)8(12-4-13-9)11-3-5-1-2-6(17)14-5/h4-5H,1-3,10H2,(H,14,17)(H2,11,12,13,15). The van der Waals surface area contributed by atoms with Crippen molar-refractivity contribution in [2.75, 3.05) is 17.3 Å². The molecule has 5 N–H and O–H groups in total. The molecule has 0 radical (unpaired) electrons. The second kappa shape index (κ2) is 5.44. The van der Waals surface area contributed by atoms with E-state index >= 15 is 0 Å².